The van der Waals surface area contributed by atoms with Gasteiger partial charge in [-0.3, -0.25) is 9.67 Å². The third-order valence-corrected chi connectivity index (χ3v) is 2.33. The molecule has 0 radical (unpaired) electrons. The number of aromatic nitrogens is 3. The molecule has 7 heteroatoms. The Bertz CT molecular complexity index is 530. The monoisotopic (exact) mass is 242 g/mol. The Morgan fingerprint density at radius 2 is 1.82 bits per heavy atom. The molecule has 0 aliphatic carbocycles. The Balaban J connectivity index is 2.69. The molecule has 4 nitrogen and oxygen atoms in total. The topological polar surface area (TPSA) is 56.7 Å². The van der Waals surface area contributed by atoms with Crippen LogP contribution < -0.4 is 5.73 Å². The van der Waals surface area contributed by atoms with E-state index in [1.807, 2.05) is 0 Å². The minimum absolute atomic E-state index is 0.0245. The number of pyridine rings is 1. The fourth-order valence-corrected chi connectivity index (χ4v) is 1.54. The number of hydrogen-bond donors (Lipinski definition) is 1. The Kier molecular flexibility index (Phi) is 2.53. The van der Waals surface area contributed by atoms with Crippen molar-refractivity contribution in [3.05, 3.63) is 30.2 Å². The van der Waals surface area contributed by atoms with Crippen LogP contribution in [-0.4, -0.2) is 14.8 Å². The average Bonchev–Trinajstić information content (AvgIpc) is 2.57. The predicted molar refractivity (Wildman–Crippen MR) is 55.9 cm³/mol. The summed E-state index contributed by atoms with van der Waals surface area (Å²) in [7, 11) is 1.37. The number of aryl methyl sites for hydroxylation is 1. The van der Waals surface area contributed by atoms with Gasteiger partial charge < -0.3 is 5.73 Å². The van der Waals surface area contributed by atoms with Gasteiger partial charge in [0.2, 0.25) is 0 Å². The Labute approximate surface area is 94.9 Å². The third-order valence-electron chi connectivity index (χ3n) is 2.33. The van der Waals surface area contributed by atoms with Crippen LogP contribution in [0.25, 0.3) is 11.1 Å². The molecule has 0 aliphatic heterocycles. The molecule has 90 valence electrons. The van der Waals surface area contributed by atoms with Crippen LogP contribution in [0, 0.1) is 0 Å². The van der Waals surface area contributed by atoms with E-state index in [1.165, 1.54) is 31.6 Å². The van der Waals surface area contributed by atoms with E-state index in [2.05, 4.69) is 10.1 Å². The van der Waals surface area contributed by atoms with E-state index in [1.54, 1.807) is 0 Å². The lowest BCUT2D eigenvalue weighted by atomic mass is 10.1. The molecule has 0 fully saturated rings. The summed E-state index contributed by atoms with van der Waals surface area (Å²) in [5, 5.41) is 3.40. The lowest BCUT2D eigenvalue weighted by Gasteiger charge is -2.06. The summed E-state index contributed by atoms with van der Waals surface area (Å²) < 4.78 is 39.4. The molecule has 0 saturated heterocycles. The lowest BCUT2D eigenvalue weighted by Crippen LogP contribution is -2.08. The summed E-state index contributed by atoms with van der Waals surface area (Å²) in [4.78, 5) is 3.75. The Morgan fingerprint density at radius 1 is 1.24 bits per heavy atom. The van der Waals surface area contributed by atoms with Crippen LogP contribution in [0.3, 0.4) is 0 Å². The van der Waals surface area contributed by atoms with Crippen LogP contribution in [-0.2, 0) is 13.2 Å². The molecule has 0 atom stereocenters. The van der Waals surface area contributed by atoms with Gasteiger partial charge >= 0.3 is 6.18 Å². The maximum Gasteiger partial charge on any atom is 0.435 e. The number of rotatable bonds is 1. The maximum absolute atomic E-state index is 12.8. The van der Waals surface area contributed by atoms with Gasteiger partial charge in [-0.1, -0.05) is 0 Å². The highest BCUT2D eigenvalue weighted by molar-refractivity contribution is 5.76. The van der Waals surface area contributed by atoms with Crippen molar-refractivity contribution in [3.8, 4) is 11.1 Å². The summed E-state index contributed by atoms with van der Waals surface area (Å²) in [6, 6.07) is 2.92. The molecule has 0 bridgehead atoms. The van der Waals surface area contributed by atoms with Gasteiger partial charge in [0.1, 0.15) is 5.82 Å². The van der Waals surface area contributed by atoms with Gasteiger partial charge in [-0.2, -0.15) is 18.3 Å². The van der Waals surface area contributed by atoms with Gasteiger partial charge in [-0.05, 0) is 17.7 Å². The van der Waals surface area contributed by atoms with Crippen molar-refractivity contribution >= 4 is 5.82 Å². The van der Waals surface area contributed by atoms with Gasteiger partial charge in [0.15, 0.2) is 5.69 Å². The highest BCUT2D eigenvalue weighted by Crippen LogP contribution is 2.39. The van der Waals surface area contributed by atoms with Crippen LogP contribution in [0.4, 0.5) is 19.0 Å². The molecule has 17 heavy (non-hydrogen) atoms. The van der Waals surface area contributed by atoms with E-state index >= 15 is 0 Å². The molecule has 2 rings (SSSR count). The van der Waals surface area contributed by atoms with Crippen molar-refractivity contribution in [1.82, 2.24) is 14.8 Å². The van der Waals surface area contributed by atoms with E-state index in [9.17, 15) is 13.2 Å². The van der Waals surface area contributed by atoms with Gasteiger partial charge in [0.25, 0.3) is 0 Å². The standard InChI is InChI=1S/C10H9F3N4/c1-17-9(14)7(6-2-4-15-5-3-6)8(16-17)10(11,12)13/h2-5H,14H2,1H3. The molecule has 0 spiro atoms. The second-order valence-electron chi connectivity index (χ2n) is 3.47. The minimum Gasteiger partial charge on any atom is -0.383 e. The first-order valence-electron chi connectivity index (χ1n) is 4.71. The first kappa shape index (κ1) is 11.4. The Hall–Kier alpha value is -2.05. The second kappa shape index (κ2) is 3.76. The van der Waals surface area contributed by atoms with Gasteiger partial charge in [0.05, 0.1) is 5.56 Å². The zero-order chi connectivity index (χ0) is 12.6. The SMILES string of the molecule is Cn1nc(C(F)(F)F)c(-c2ccncc2)c1N. The van der Waals surface area contributed by atoms with Gasteiger partial charge in [0, 0.05) is 19.4 Å². The van der Waals surface area contributed by atoms with Crippen LogP contribution in [0.15, 0.2) is 24.5 Å². The minimum atomic E-state index is -4.53. The molecule has 0 amide bonds. The molecule has 2 aromatic heterocycles. The highest BCUT2D eigenvalue weighted by Gasteiger charge is 2.38. The number of anilines is 1. The number of hydrogen-bond acceptors (Lipinski definition) is 3. The van der Waals surface area contributed by atoms with Gasteiger partial charge in [-0.15, -0.1) is 0 Å². The van der Waals surface area contributed by atoms with E-state index in [0.717, 1.165) is 4.68 Å². The average molecular weight is 242 g/mol. The Morgan fingerprint density at radius 3 is 2.35 bits per heavy atom. The van der Waals surface area contributed by atoms with E-state index in [4.69, 9.17) is 5.73 Å². The van der Waals surface area contributed by atoms with Crippen molar-refractivity contribution in [2.45, 2.75) is 6.18 Å². The summed E-state index contributed by atoms with van der Waals surface area (Å²) in [5.74, 6) is -0.0245. The molecule has 0 aromatic carbocycles. The lowest BCUT2D eigenvalue weighted by molar-refractivity contribution is -0.140. The largest absolute Gasteiger partial charge is 0.435 e. The number of nitrogen functional groups attached to an aromatic ring is 1. The smallest absolute Gasteiger partial charge is 0.383 e. The molecule has 0 aliphatic rings. The van der Waals surface area contributed by atoms with E-state index in [-0.39, 0.29) is 11.4 Å². The summed E-state index contributed by atoms with van der Waals surface area (Å²) in [6.07, 6.45) is -1.72. The highest BCUT2D eigenvalue weighted by atomic mass is 19.4. The molecule has 2 heterocycles. The number of nitrogens with two attached hydrogens (primary N) is 1. The zero-order valence-electron chi connectivity index (χ0n) is 8.86. The fourth-order valence-electron chi connectivity index (χ4n) is 1.54. The quantitative estimate of drug-likeness (QED) is 0.832. The first-order chi connectivity index (χ1) is 7.91. The van der Waals surface area contributed by atoms with Crippen molar-refractivity contribution < 1.29 is 13.2 Å². The van der Waals surface area contributed by atoms with Crippen molar-refractivity contribution in [2.75, 3.05) is 5.73 Å². The number of halogens is 3. The molecule has 2 N–H and O–H groups in total. The molecular weight excluding hydrogens is 233 g/mol. The van der Waals surface area contributed by atoms with E-state index < -0.39 is 11.9 Å². The normalized spacial score (nSPS) is 11.8. The third kappa shape index (κ3) is 1.95. The van der Waals surface area contributed by atoms with Crippen LogP contribution in [0.5, 0.6) is 0 Å². The van der Waals surface area contributed by atoms with Crippen molar-refractivity contribution in [2.24, 2.45) is 7.05 Å². The fraction of sp³-hybridized carbons (Fsp3) is 0.200. The molecule has 0 saturated carbocycles. The van der Waals surface area contributed by atoms with E-state index in [0.29, 0.717) is 5.56 Å². The van der Waals surface area contributed by atoms with Crippen LogP contribution in [0.2, 0.25) is 0 Å². The zero-order valence-corrected chi connectivity index (χ0v) is 8.86. The maximum atomic E-state index is 12.8. The van der Waals surface area contributed by atoms with Crippen molar-refractivity contribution in [1.29, 1.82) is 0 Å². The van der Waals surface area contributed by atoms with Crippen LogP contribution in [0.1, 0.15) is 5.69 Å². The summed E-state index contributed by atoms with van der Waals surface area (Å²) >= 11 is 0. The molecule has 2 aromatic rings. The summed E-state index contributed by atoms with van der Waals surface area (Å²) in [6.45, 7) is 0. The predicted octanol–water partition coefficient (Wildman–Crippen LogP) is 2.08. The summed E-state index contributed by atoms with van der Waals surface area (Å²) in [5.41, 5.74) is 4.87. The second-order valence-corrected chi connectivity index (χ2v) is 3.47. The first-order valence-corrected chi connectivity index (χ1v) is 4.71. The van der Waals surface area contributed by atoms with Crippen molar-refractivity contribution in [3.63, 3.8) is 0 Å². The number of nitrogens with zero attached hydrogens (tertiary/aromatic N) is 3. The van der Waals surface area contributed by atoms with Crippen LogP contribution >= 0.6 is 0 Å². The molecule has 0 unspecified atom stereocenters. The number of alkyl halides is 3. The molecular formula is C10H9F3N4. The van der Waals surface area contributed by atoms with Gasteiger partial charge in [-0.25, -0.2) is 0 Å².